The number of hydrogen-bond acceptors (Lipinski definition) is 5. The van der Waals surface area contributed by atoms with Crippen molar-refractivity contribution in [2.45, 2.75) is 13.5 Å². The first-order valence-corrected chi connectivity index (χ1v) is 7.20. The monoisotopic (exact) mass is 317 g/mol. The largest absolute Gasteiger partial charge is 0.348 e. The van der Waals surface area contributed by atoms with Gasteiger partial charge in [0.25, 0.3) is 5.91 Å². The molecule has 2 aromatic carbocycles. The van der Waals surface area contributed by atoms with Gasteiger partial charge >= 0.3 is 0 Å². The number of hydrazone groups is 1. The third-order valence-corrected chi connectivity index (χ3v) is 3.25. The van der Waals surface area contributed by atoms with Crippen LogP contribution in [0.15, 0.2) is 53.6 Å². The first-order chi connectivity index (χ1) is 11.6. The lowest BCUT2D eigenvalue weighted by molar-refractivity contribution is 0.0951. The molecule has 2 rings (SSSR count). The van der Waals surface area contributed by atoms with Gasteiger partial charge in [0.1, 0.15) is 12.1 Å². The van der Waals surface area contributed by atoms with E-state index in [2.05, 4.69) is 15.8 Å². The van der Waals surface area contributed by atoms with E-state index in [1.54, 1.807) is 36.4 Å². The van der Waals surface area contributed by atoms with E-state index < -0.39 is 0 Å². The van der Waals surface area contributed by atoms with Gasteiger partial charge in [-0.15, -0.1) is 0 Å². The van der Waals surface area contributed by atoms with Gasteiger partial charge in [-0.3, -0.25) is 10.2 Å². The zero-order valence-corrected chi connectivity index (χ0v) is 13.1. The molecule has 0 saturated carbocycles. The molecule has 0 aliphatic rings. The van der Waals surface area contributed by atoms with Crippen LogP contribution < -0.4 is 10.7 Å². The molecule has 0 heterocycles. The molecule has 6 nitrogen and oxygen atoms in total. The number of benzene rings is 2. The number of anilines is 1. The van der Waals surface area contributed by atoms with Crippen molar-refractivity contribution in [1.82, 2.24) is 5.32 Å². The Hall–Kier alpha value is -3.64. The number of carbonyl (C=O) groups is 1. The number of para-hydroxylation sites is 1. The molecule has 0 fully saturated rings. The van der Waals surface area contributed by atoms with E-state index >= 15 is 0 Å². The van der Waals surface area contributed by atoms with E-state index in [0.29, 0.717) is 17.8 Å². The Bertz CT molecular complexity index is 825. The van der Waals surface area contributed by atoms with Gasteiger partial charge in [0, 0.05) is 6.54 Å². The molecule has 0 saturated heterocycles. The fraction of sp³-hybridized carbons (Fsp3) is 0.111. The highest BCUT2D eigenvalue weighted by molar-refractivity contribution is 6.10. The molecule has 0 aliphatic heterocycles. The number of nitrogens with zero attached hydrogens (tertiary/aromatic N) is 3. The maximum atomic E-state index is 12.4. The normalized spacial score (nSPS) is 9.29. The third kappa shape index (κ3) is 4.43. The molecule has 0 aliphatic carbocycles. The van der Waals surface area contributed by atoms with Crippen LogP contribution in [0.3, 0.4) is 0 Å². The first-order valence-electron chi connectivity index (χ1n) is 7.20. The summed E-state index contributed by atoms with van der Waals surface area (Å²) >= 11 is 0. The van der Waals surface area contributed by atoms with Gasteiger partial charge in [-0.2, -0.15) is 15.6 Å². The van der Waals surface area contributed by atoms with E-state index in [9.17, 15) is 4.79 Å². The number of nitriles is 2. The van der Waals surface area contributed by atoms with Crippen LogP contribution in [0.2, 0.25) is 0 Å². The number of amides is 1. The minimum Gasteiger partial charge on any atom is -0.348 e. The summed E-state index contributed by atoms with van der Waals surface area (Å²) in [5.74, 6) is -0.274. The fourth-order valence-electron chi connectivity index (χ4n) is 1.95. The molecule has 6 heteroatoms. The van der Waals surface area contributed by atoms with Gasteiger partial charge in [0.2, 0.25) is 5.71 Å². The minimum absolute atomic E-state index is 0.274. The predicted octanol–water partition coefficient (Wildman–Crippen LogP) is 2.74. The lowest BCUT2D eigenvalue weighted by Gasteiger charge is -2.09. The lowest BCUT2D eigenvalue weighted by Crippen LogP contribution is -2.23. The Balaban J connectivity index is 2.09. The lowest BCUT2D eigenvalue weighted by atomic mass is 10.1. The molecule has 0 aromatic heterocycles. The van der Waals surface area contributed by atoms with Gasteiger partial charge in [0.15, 0.2) is 0 Å². The molecule has 0 atom stereocenters. The van der Waals surface area contributed by atoms with E-state index in [1.807, 2.05) is 31.2 Å². The Labute approximate surface area is 140 Å². The average Bonchev–Trinajstić information content (AvgIpc) is 2.62. The predicted molar refractivity (Wildman–Crippen MR) is 91.1 cm³/mol. The summed E-state index contributed by atoms with van der Waals surface area (Å²) in [6.07, 6.45) is 0. The molecule has 1 amide bonds. The first kappa shape index (κ1) is 16.7. The van der Waals surface area contributed by atoms with E-state index in [0.717, 1.165) is 11.1 Å². The van der Waals surface area contributed by atoms with Crippen molar-refractivity contribution in [3.05, 3.63) is 65.2 Å². The van der Waals surface area contributed by atoms with E-state index in [1.165, 1.54) is 0 Å². The second kappa shape index (κ2) is 8.11. The van der Waals surface area contributed by atoms with Crippen LogP contribution in [0.5, 0.6) is 0 Å². The van der Waals surface area contributed by atoms with Crippen LogP contribution in [-0.2, 0) is 6.54 Å². The molecule has 2 aromatic rings. The Morgan fingerprint density at radius 2 is 1.75 bits per heavy atom. The molecule has 0 bridgehead atoms. The van der Waals surface area contributed by atoms with E-state index in [4.69, 9.17) is 10.5 Å². The van der Waals surface area contributed by atoms with E-state index in [-0.39, 0.29) is 11.6 Å². The van der Waals surface area contributed by atoms with Crippen LogP contribution >= 0.6 is 0 Å². The number of nitrogens with one attached hydrogen (secondary N) is 2. The highest BCUT2D eigenvalue weighted by Crippen LogP contribution is 2.15. The number of carbonyl (C=O) groups excluding carboxylic acids is 1. The molecule has 0 spiro atoms. The van der Waals surface area contributed by atoms with Crippen molar-refractivity contribution in [2.75, 3.05) is 5.43 Å². The summed E-state index contributed by atoms with van der Waals surface area (Å²) in [6, 6.07) is 17.9. The average molecular weight is 317 g/mol. The zero-order valence-electron chi connectivity index (χ0n) is 13.1. The van der Waals surface area contributed by atoms with Gasteiger partial charge in [-0.1, -0.05) is 42.0 Å². The Morgan fingerprint density at radius 1 is 1.08 bits per heavy atom. The van der Waals surface area contributed by atoms with Crippen LogP contribution in [0.4, 0.5) is 5.69 Å². The maximum absolute atomic E-state index is 12.4. The van der Waals surface area contributed by atoms with Crippen molar-refractivity contribution < 1.29 is 4.79 Å². The molecule has 118 valence electrons. The summed E-state index contributed by atoms with van der Waals surface area (Å²) in [7, 11) is 0. The van der Waals surface area contributed by atoms with Crippen LogP contribution in [0, 0.1) is 29.6 Å². The van der Waals surface area contributed by atoms with Crippen molar-refractivity contribution in [2.24, 2.45) is 5.10 Å². The number of aryl methyl sites for hydroxylation is 1. The summed E-state index contributed by atoms with van der Waals surface area (Å²) in [5, 5.41) is 23.9. The summed E-state index contributed by atoms with van der Waals surface area (Å²) < 4.78 is 0. The smallest absolute Gasteiger partial charge is 0.253 e. The molecular weight excluding hydrogens is 302 g/mol. The highest BCUT2D eigenvalue weighted by atomic mass is 16.1. The number of hydrogen-bond donors (Lipinski definition) is 2. The molecular formula is C18H15N5O. The molecule has 24 heavy (non-hydrogen) atoms. The minimum atomic E-state index is -0.315. The van der Waals surface area contributed by atoms with Gasteiger partial charge in [-0.05, 0) is 24.6 Å². The third-order valence-electron chi connectivity index (χ3n) is 3.25. The second-order valence-corrected chi connectivity index (χ2v) is 5.01. The fourth-order valence-corrected chi connectivity index (χ4v) is 1.95. The van der Waals surface area contributed by atoms with Crippen molar-refractivity contribution in [3.8, 4) is 12.1 Å². The van der Waals surface area contributed by atoms with Crippen molar-refractivity contribution >= 4 is 17.3 Å². The maximum Gasteiger partial charge on any atom is 0.253 e. The zero-order chi connectivity index (χ0) is 17.4. The van der Waals surface area contributed by atoms with Crippen molar-refractivity contribution in [3.63, 3.8) is 0 Å². The summed E-state index contributed by atoms with van der Waals surface area (Å²) in [6.45, 7) is 2.40. The highest BCUT2D eigenvalue weighted by Gasteiger charge is 2.10. The van der Waals surface area contributed by atoms with Gasteiger partial charge in [0.05, 0.1) is 11.3 Å². The summed E-state index contributed by atoms with van der Waals surface area (Å²) in [5.41, 5.74) is 5.22. The Kier molecular flexibility index (Phi) is 5.65. The Morgan fingerprint density at radius 3 is 2.42 bits per heavy atom. The van der Waals surface area contributed by atoms with Crippen LogP contribution in [-0.4, -0.2) is 11.6 Å². The van der Waals surface area contributed by atoms with Gasteiger partial charge in [-0.25, -0.2) is 0 Å². The second-order valence-electron chi connectivity index (χ2n) is 5.01. The SMILES string of the molecule is Cc1ccc(CNC(=O)c2ccccc2NN=C(C#N)C#N)cc1. The molecule has 0 unspecified atom stereocenters. The molecule has 0 radical (unpaired) electrons. The van der Waals surface area contributed by atoms with Crippen LogP contribution in [0.1, 0.15) is 21.5 Å². The summed E-state index contributed by atoms with van der Waals surface area (Å²) in [4.78, 5) is 12.4. The molecule has 2 N–H and O–H groups in total. The topological polar surface area (TPSA) is 101 Å². The van der Waals surface area contributed by atoms with Crippen molar-refractivity contribution in [1.29, 1.82) is 10.5 Å². The number of rotatable bonds is 5. The quantitative estimate of drug-likeness (QED) is 0.654. The standard InChI is InChI=1S/C18H15N5O/c1-13-6-8-14(9-7-13)12-21-18(24)16-4-2-3-5-17(16)23-22-15(10-19)11-20/h2-9,23H,12H2,1H3,(H,21,24). The van der Waals surface area contributed by atoms with Gasteiger partial charge < -0.3 is 5.32 Å². The van der Waals surface area contributed by atoms with Crippen LogP contribution in [0.25, 0.3) is 0 Å².